The number of likely N-dealkylation sites (N-methyl/N-ethyl adjacent to an activating group) is 1. The second-order valence-electron chi connectivity index (χ2n) is 6.96. The van der Waals surface area contributed by atoms with Gasteiger partial charge in [-0.05, 0) is 19.2 Å². The van der Waals surface area contributed by atoms with Crippen LogP contribution in [0.3, 0.4) is 0 Å². The van der Waals surface area contributed by atoms with Crippen LogP contribution in [-0.4, -0.2) is 41.3 Å². The lowest BCUT2D eigenvalue weighted by atomic mass is 9.97. The summed E-state index contributed by atoms with van der Waals surface area (Å²) in [5.74, 6) is 2.95. The van der Waals surface area contributed by atoms with Gasteiger partial charge in [-0.25, -0.2) is 0 Å². The van der Waals surface area contributed by atoms with Crippen LogP contribution < -0.4 is 9.47 Å². The van der Waals surface area contributed by atoms with Gasteiger partial charge in [-0.15, -0.1) is 0 Å². The Morgan fingerprint density at radius 3 is 2.65 bits per heavy atom. The summed E-state index contributed by atoms with van der Waals surface area (Å²) in [7, 11) is 2.01. The van der Waals surface area contributed by atoms with E-state index in [1.165, 1.54) is 0 Å². The van der Waals surface area contributed by atoms with E-state index in [4.69, 9.17) is 14.0 Å². The Morgan fingerprint density at radius 1 is 1.22 bits per heavy atom. The van der Waals surface area contributed by atoms with Crippen molar-refractivity contribution in [2.75, 3.05) is 20.2 Å². The highest BCUT2D eigenvalue weighted by atomic mass is 16.6. The van der Waals surface area contributed by atoms with Crippen LogP contribution in [0.2, 0.25) is 0 Å². The van der Waals surface area contributed by atoms with Crippen molar-refractivity contribution in [1.29, 1.82) is 0 Å². The van der Waals surface area contributed by atoms with Crippen LogP contribution in [0.15, 0.2) is 28.8 Å². The minimum absolute atomic E-state index is 0.0103. The maximum Gasteiger partial charge on any atom is 0.232 e. The van der Waals surface area contributed by atoms with Crippen molar-refractivity contribution in [3.8, 4) is 11.5 Å². The molecular formula is C17H23N3O3. The predicted molar refractivity (Wildman–Crippen MR) is 85.7 cm³/mol. The van der Waals surface area contributed by atoms with Crippen LogP contribution in [0.25, 0.3) is 0 Å². The van der Waals surface area contributed by atoms with Gasteiger partial charge in [-0.3, -0.25) is 4.90 Å². The summed E-state index contributed by atoms with van der Waals surface area (Å²) < 4.78 is 17.0. The number of benzene rings is 1. The fourth-order valence-corrected chi connectivity index (χ4v) is 2.43. The fourth-order valence-electron chi connectivity index (χ4n) is 2.43. The Kier molecular flexibility index (Phi) is 4.26. The van der Waals surface area contributed by atoms with Crippen molar-refractivity contribution >= 4 is 0 Å². The molecule has 0 spiro atoms. The fraction of sp³-hybridized carbons (Fsp3) is 0.529. The molecule has 1 atom stereocenters. The number of hydrogen-bond donors (Lipinski definition) is 0. The second-order valence-corrected chi connectivity index (χ2v) is 6.96. The van der Waals surface area contributed by atoms with Gasteiger partial charge >= 0.3 is 0 Å². The number of hydrogen-bond acceptors (Lipinski definition) is 6. The normalized spacial score (nSPS) is 17.5. The average molecular weight is 317 g/mol. The van der Waals surface area contributed by atoms with Gasteiger partial charge in [-0.1, -0.05) is 38.1 Å². The molecule has 124 valence electrons. The molecule has 0 unspecified atom stereocenters. The first-order valence-corrected chi connectivity index (χ1v) is 7.82. The SMILES string of the molecule is CN(Cc1noc(C(C)(C)C)n1)C[C@@H]1COc2ccccc2O1. The van der Waals surface area contributed by atoms with Crippen LogP contribution >= 0.6 is 0 Å². The van der Waals surface area contributed by atoms with E-state index in [-0.39, 0.29) is 11.5 Å². The zero-order valence-electron chi connectivity index (χ0n) is 14.1. The van der Waals surface area contributed by atoms with Crippen LogP contribution in [0.5, 0.6) is 11.5 Å². The molecular weight excluding hydrogens is 294 g/mol. The molecule has 2 heterocycles. The topological polar surface area (TPSA) is 60.6 Å². The minimum atomic E-state index is -0.131. The average Bonchev–Trinajstić information content (AvgIpc) is 2.95. The van der Waals surface area contributed by atoms with E-state index in [1.807, 2.05) is 31.3 Å². The molecule has 0 amide bonds. The van der Waals surface area contributed by atoms with Gasteiger partial charge in [0.15, 0.2) is 17.3 Å². The highest BCUT2D eigenvalue weighted by molar-refractivity contribution is 5.40. The molecule has 0 saturated heterocycles. The standard InChI is InChI=1S/C17H23N3O3/c1-17(2,3)16-18-15(19-23-16)10-20(4)9-12-11-21-13-7-5-6-8-14(13)22-12/h5-8,12H,9-11H2,1-4H3/t12-/m1/s1. The van der Waals surface area contributed by atoms with Crippen molar-refractivity contribution in [2.24, 2.45) is 0 Å². The van der Waals surface area contributed by atoms with E-state index in [1.54, 1.807) is 0 Å². The van der Waals surface area contributed by atoms with Crippen LogP contribution in [-0.2, 0) is 12.0 Å². The number of ether oxygens (including phenoxy) is 2. The lowest BCUT2D eigenvalue weighted by Crippen LogP contribution is -2.39. The summed E-state index contributed by atoms with van der Waals surface area (Å²) in [5, 5.41) is 4.05. The second kappa shape index (κ2) is 6.20. The Balaban J connectivity index is 1.56. The summed E-state index contributed by atoms with van der Waals surface area (Å²) in [6, 6.07) is 7.73. The van der Waals surface area contributed by atoms with Crippen LogP contribution in [0.1, 0.15) is 32.5 Å². The van der Waals surface area contributed by atoms with Gasteiger partial charge in [0, 0.05) is 12.0 Å². The predicted octanol–water partition coefficient (Wildman–Crippen LogP) is 2.64. The van der Waals surface area contributed by atoms with Crippen molar-refractivity contribution in [1.82, 2.24) is 15.0 Å². The van der Waals surface area contributed by atoms with E-state index >= 15 is 0 Å². The number of rotatable bonds is 4. The van der Waals surface area contributed by atoms with Crippen molar-refractivity contribution in [2.45, 2.75) is 38.8 Å². The summed E-state index contributed by atoms with van der Waals surface area (Å²) in [6.07, 6.45) is -0.0103. The van der Waals surface area contributed by atoms with Crippen molar-refractivity contribution in [3.63, 3.8) is 0 Å². The summed E-state index contributed by atoms with van der Waals surface area (Å²) in [4.78, 5) is 6.57. The first kappa shape index (κ1) is 15.8. The lowest BCUT2D eigenvalue weighted by Gasteiger charge is -2.29. The Labute approximate surface area is 136 Å². The third-order valence-electron chi connectivity index (χ3n) is 3.60. The number of nitrogens with zero attached hydrogens (tertiary/aromatic N) is 3. The molecule has 1 aliphatic rings. The zero-order chi connectivity index (χ0) is 16.4. The molecule has 6 heteroatoms. The number of aromatic nitrogens is 2. The van der Waals surface area contributed by atoms with Crippen LogP contribution in [0.4, 0.5) is 0 Å². The monoisotopic (exact) mass is 317 g/mol. The molecule has 23 heavy (non-hydrogen) atoms. The summed E-state index contributed by atoms with van der Waals surface area (Å²) in [6.45, 7) is 8.05. The largest absolute Gasteiger partial charge is 0.486 e. The Hall–Kier alpha value is -2.08. The van der Waals surface area contributed by atoms with Gasteiger partial charge in [0.2, 0.25) is 5.89 Å². The molecule has 0 radical (unpaired) electrons. The van der Waals surface area contributed by atoms with E-state index < -0.39 is 0 Å². The number of fused-ring (bicyclic) bond motifs is 1. The first-order chi connectivity index (χ1) is 10.9. The van der Waals surface area contributed by atoms with Gasteiger partial charge in [0.25, 0.3) is 0 Å². The molecule has 0 saturated carbocycles. The molecule has 1 aromatic heterocycles. The minimum Gasteiger partial charge on any atom is -0.486 e. The smallest absolute Gasteiger partial charge is 0.232 e. The van der Waals surface area contributed by atoms with Crippen molar-refractivity contribution in [3.05, 3.63) is 36.0 Å². The molecule has 3 rings (SSSR count). The van der Waals surface area contributed by atoms with Crippen molar-refractivity contribution < 1.29 is 14.0 Å². The lowest BCUT2D eigenvalue weighted by molar-refractivity contribution is 0.0630. The molecule has 0 fully saturated rings. The first-order valence-electron chi connectivity index (χ1n) is 7.82. The van der Waals surface area contributed by atoms with Gasteiger partial charge in [-0.2, -0.15) is 4.98 Å². The quantitative estimate of drug-likeness (QED) is 0.864. The molecule has 0 N–H and O–H groups in total. The third-order valence-corrected chi connectivity index (χ3v) is 3.60. The van der Waals surface area contributed by atoms with Gasteiger partial charge < -0.3 is 14.0 Å². The highest BCUT2D eigenvalue weighted by Crippen LogP contribution is 2.31. The van der Waals surface area contributed by atoms with E-state index in [2.05, 4.69) is 35.8 Å². The van der Waals surface area contributed by atoms with Gasteiger partial charge in [0.1, 0.15) is 12.7 Å². The number of para-hydroxylation sites is 2. The summed E-state index contributed by atoms with van der Waals surface area (Å²) >= 11 is 0. The van der Waals surface area contributed by atoms with Gasteiger partial charge in [0.05, 0.1) is 6.54 Å². The maximum absolute atomic E-state index is 5.97. The Bertz CT molecular complexity index is 663. The molecule has 0 bridgehead atoms. The highest BCUT2D eigenvalue weighted by Gasteiger charge is 2.24. The molecule has 0 aliphatic carbocycles. The molecule has 6 nitrogen and oxygen atoms in total. The molecule has 1 aliphatic heterocycles. The van der Waals surface area contributed by atoms with Crippen LogP contribution in [0, 0.1) is 0 Å². The Morgan fingerprint density at radius 2 is 1.96 bits per heavy atom. The van der Waals surface area contributed by atoms with E-state index in [0.717, 1.165) is 18.0 Å². The molecule has 2 aromatic rings. The van der Waals surface area contributed by atoms with E-state index in [9.17, 15) is 0 Å². The molecule has 1 aromatic carbocycles. The maximum atomic E-state index is 5.97. The third kappa shape index (κ3) is 3.82. The zero-order valence-corrected chi connectivity index (χ0v) is 14.1. The van der Waals surface area contributed by atoms with E-state index in [0.29, 0.717) is 24.9 Å². The summed E-state index contributed by atoms with van der Waals surface area (Å²) in [5.41, 5.74) is -0.131.